The number of amides is 2. The fraction of sp³-hybridized carbons (Fsp3) is 0.600. The van der Waals surface area contributed by atoms with Gasteiger partial charge in [-0.1, -0.05) is 82.3 Å². The molecule has 2 unspecified atom stereocenters. The smallest absolute Gasteiger partial charge is 0.404 e. The first-order chi connectivity index (χ1) is 20.0. The lowest BCUT2D eigenvalue weighted by atomic mass is 9.43. The van der Waals surface area contributed by atoms with E-state index in [2.05, 4.69) is 63.5 Å². The molecule has 3 saturated carbocycles. The Kier molecular flexibility index (Phi) is 8.03. The van der Waals surface area contributed by atoms with E-state index in [1.54, 1.807) is 0 Å². The van der Waals surface area contributed by atoms with E-state index >= 15 is 0 Å². The molecule has 6 nitrogen and oxygen atoms in total. The maximum Gasteiger partial charge on any atom is 0.481 e. The van der Waals surface area contributed by atoms with Crippen LogP contribution in [0, 0.1) is 29.1 Å². The van der Waals surface area contributed by atoms with E-state index in [1.165, 1.54) is 17.5 Å². The maximum absolute atomic E-state index is 14.0. The summed E-state index contributed by atoms with van der Waals surface area (Å²) in [6.45, 7) is 11.3. The van der Waals surface area contributed by atoms with Crippen LogP contribution in [0.2, 0.25) is 0 Å². The minimum atomic E-state index is -0.683. The van der Waals surface area contributed by atoms with Crippen LogP contribution in [0.4, 0.5) is 0 Å². The normalized spacial score (nSPS) is 30.5. The molecule has 0 radical (unpaired) electrons. The Balaban J connectivity index is 1.18. The van der Waals surface area contributed by atoms with Gasteiger partial charge in [-0.25, -0.2) is 0 Å². The van der Waals surface area contributed by atoms with Gasteiger partial charge in [-0.15, -0.1) is 0 Å². The Hall–Kier alpha value is -2.64. The largest absolute Gasteiger partial charge is 0.481 e. The maximum atomic E-state index is 14.0. The standard InChI is InChI=1S/C35H47BN2O4/c1-22(2)17-31(36-41-30-21-27-20-29(34(27,3)4)35(30,5)42-36)38-33(40)28(18-23-11-7-6-8-12-23)37-32(39)26-16-15-24-13-9-10-14-25(24)19-26/h6-14,22,26-31H,15-21H2,1-5H3,(H,37,39)(H,38,40)/t26?,27-,28-,29-,30?,31-,35-/m0/s1. The van der Waals surface area contributed by atoms with E-state index in [-0.39, 0.29) is 40.8 Å². The minimum Gasteiger partial charge on any atom is -0.404 e. The number of hydrogen-bond donors (Lipinski definition) is 2. The summed E-state index contributed by atoms with van der Waals surface area (Å²) in [5.41, 5.74) is 3.49. The molecule has 2 amide bonds. The van der Waals surface area contributed by atoms with E-state index in [1.807, 2.05) is 36.4 Å². The highest BCUT2D eigenvalue weighted by Crippen LogP contribution is 2.65. The minimum absolute atomic E-state index is 0.0464. The summed E-state index contributed by atoms with van der Waals surface area (Å²) in [4.78, 5) is 27.7. The van der Waals surface area contributed by atoms with Crippen molar-refractivity contribution in [2.24, 2.45) is 29.1 Å². The third kappa shape index (κ3) is 5.55. The van der Waals surface area contributed by atoms with Crippen molar-refractivity contribution in [1.29, 1.82) is 0 Å². The molecule has 5 aliphatic rings. The van der Waals surface area contributed by atoms with Gasteiger partial charge in [0.2, 0.25) is 11.8 Å². The number of benzene rings is 2. The summed E-state index contributed by atoms with van der Waals surface area (Å²) < 4.78 is 13.4. The van der Waals surface area contributed by atoms with Crippen molar-refractivity contribution < 1.29 is 18.9 Å². The fourth-order valence-electron chi connectivity index (χ4n) is 8.37. The second-order valence-electron chi connectivity index (χ2n) is 14.5. The van der Waals surface area contributed by atoms with Crippen molar-refractivity contribution in [2.45, 2.75) is 103 Å². The number of hydrogen-bond acceptors (Lipinski definition) is 4. The number of carbonyl (C=O) groups is 2. The number of fused-ring (bicyclic) bond motifs is 1. The van der Waals surface area contributed by atoms with E-state index in [9.17, 15) is 9.59 Å². The van der Waals surface area contributed by atoms with Crippen LogP contribution in [0.25, 0.3) is 0 Å². The molecule has 4 aliphatic carbocycles. The molecule has 2 aromatic carbocycles. The summed E-state index contributed by atoms with van der Waals surface area (Å²) in [6, 6.07) is 17.6. The molecule has 1 aliphatic heterocycles. The summed E-state index contributed by atoms with van der Waals surface area (Å²) in [7, 11) is -0.496. The molecule has 7 atom stereocenters. The van der Waals surface area contributed by atoms with E-state index in [0.29, 0.717) is 30.6 Å². The molecular formula is C35H47BN2O4. The molecule has 2 aromatic rings. The SMILES string of the molecule is CC(C)C[C@H](NC(=O)[C@H](Cc1ccccc1)NC(=O)C1CCc2ccccc2C1)B1OC2C[C@@H]3C[C@@H](C3(C)C)[C@]2(C)O1. The molecule has 7 heteroatoms. The molecule has 4 fully saturated rings. The number of rotatable bonds is 9. The van der Waals surface area contributed by atoms with Crippen molar-refractivity contribution in [1.82, 2.24) is 10.6 Å². The Bertz CT molecular complexity index is 1300. The van der Waals surface area contributed by atoms with Crippen LogP contribution in [-0.4, -0.2) is 42.6 Å². The molecule has 2 bridgehead atoms. The topological polar surface area (TPSA) is 76.7 Å². The van der Waals surface area contributed by atoms with Gasteiger partial charge in [-0.2, -0.15) is 0 Å². The lowest BCUT2D eigenvalue weighted by molar-refractivity contribution is -0.199. The van der Waals surface area contributed by atoms with Crippen molar-refractivity contribution in [3.8, 4) is 0 Å². The molecular weight excluding hydrogens is 523 g/mol. The van der Waals surface area contributed by atoms with Crippen LogP contribution in [0.1, 0.15) is 77.0 Å². The lowest BCUT2D eigenvalue weighted by Gasteiger charge is -2.64. The van der Waals surface area contributed by atoms with Crippen LogP contribution in [0.5, 0.6) is 0 Å². The average molecular weight is 571 g/mol. The summed E-state index contributed by atoms with van der Waals surface area (Å²) in [5, 5.41) is 6.47. The van der Waals surface area contributed by atoms with Crippen molar-refractivity contribution in [2.75, 3.05) is 0 Å². The van der Waals surface area contributed by atoms with Crippen molar-refractivity contribution >= 4 is 18.9 Å². The molecule has 1 heterocycles. The van der Waals surface area contributed by atoms with E-state index < -0.39 is 13.2 Å². The van der Waals surface area contributed by atoms with Crippen LogP contribution in [0.15, 0.2) is 54.6 Å². The van der Waals surface area contributed by atoms with Crippen LogP contribution >= 0.6 is 0 Å². The summed E-state index contributed by atoms with van der Waals surface area (Å²) in [5.74, 6) is 0.806. The summed E-state index contributed by atoms with van der Waals surface area (Å²) >= 11 is 0. The zero-order valence-electron chi connectivity index (χ0n) is 25.9. The fourth-order valence-corrected chi connectivity index (χ4v) is 8.37. The molecule has 42 heavy (non-hydrogen) atoms. The van der Waals surface area contributed by atoms with Gasteiger partial charge < -0.3 is 19.9 Å². The zero-order chi connectivity index (χ0) is 29.6. The van der Waals surface area contributed by atoms with E-state index in [4.69, 9.17) is 9.31 Å². The summed E-state index contributed by atoms with van der Waals surface area (Å²) in [6.07, 6.45) is 5.81. The first-order valence-electron chi connectivity index (χ1n) is 16.1. The van der Waals surface area contributed by atoms with Gasteiger partial charge in [0.15, 0.2) is 0 Å². The molecule has 0 aromatic heterocycles. The predicted molar refractivity (Wildman–Crippen MR) is 166 cm³/mol. The Morgan fingerprint density at radius 1 is 0.976 bits per heavy atom. The highest BCUT2D eigenvalue weighted by molar-refractivity contribution is 6.48. The van der Waals surface area contributed by atoms with Crippen LogP contribution < -0.4 is 10.6 Å². The van der Waals surface area contributed by atoms with Crippen molar-refractivity contribution in [3.63, 3.8) is 0 Å². The Morgan fingerprint density at radius 2 is 1.69 bits per heavy atom. The predicted octanol–water partition coefficient (Wildman–Crippen LogP) is 5.32. The third-order valence-corrected chi connectivity index (χ3v) is 11.0. The van der Waals surface area contributed by atoms with Gasteiger partial charge in [0.1, 0.15) is 6.04 Å². The van der Waals surface area contributed by atoms with Gasteiger partial charge in [-0.05, 0) is 85.3 Å². The van der Waals surface area contributed by atoms with Crippen LogP contribution in [0.3, 0.4) is 0 Å². The van der Waals surface area contributed by atoms with Crippen LogP contribution in [-0.2, 0) is 38.2 Å². The first kappa shape index (κ1) is 29.4. The van der Waals surface area contributed by atoms with Gasteiger partial charge in [0.25, 0.3) is 0 Å². The van der Waals surface area contributed by atoms with Gasteiger partial charge in [-0.3, -0.25) is 9.59 Å². The Morgan fingerprint density at radius 3 is 2.40 bits per heavy atom. The van der Waals surface area contributed by atoms with Gasteiger partial charge in [0, 0.05) is 12.3 Å². The van der Waals surface area contributed by atoms with E-state index in [0.717, 1.165) is 31.2 Å². The Labute approximate surface area is 251 Å². The molecule has 0 spiro atoms. The first-order valence-corrected chi connectivity index (χ1v) is 16.1. The number of nitrogens with one attached hydrogen (secondary N) is 2. The highest BCUT2D eigenvalue weighted by atomic mass is 16.7. The second kappa shape index (κ2) is 11.5. The molecule has 224 valence electrons. The average Bonchev–Trinajstić information content (AvgIpc) is 3.33. The molecule has 7 rings (SSSR count). The quantitative estimate of drug-likeness (QED) is 0.401. The highest BCUT2D eigenvalue weighted by Gasteiger charge is 2.68. The van der Waals surface area contributed by atoms with Crippen molar-refractivity contribution in [3.05, 3.63) is 71.3 Å². The third-order valence-electron chi connectivity index (χ3n) is 11.0. The molecule has 1 saturated heterocycles. The monoisotopic (exact) mass is 570 g/mol. The van der Waals surface area contributed by atoms with Gasteiger partial charge >= 0.3 is 7.12 Å². The van der Waals surface area contributed by atoms with Gasteiger partial charge in [0.05, 0.1) is 17.6 Å². The number of carbonyl (C=O) groups excluding carboxylic acids is 2. The number of aryl methyl sites for hydroxylation is 1. The second-order valence-corrected chi connectivity index (χ2v) is 14.5. The zero-order valence-corrected chi connectivity index (χ0v) is 25.9. The lowest BCUT2D eigenvalue weighted by Crippen LogP contribution is -2.65. The molecule has 2 N–H and O–H groups in total.